The number of aryl methyl sites for hydroxylation is 1. The van der Waals surface area contributed by atoms with Gasteiger partial charge in [-0.1, -0.05) is 0 Å². The molecule has 1 aromatic heterocycles. The van der Waals surface area contributed by atoms with Crippen LogP contribution in [0, 0.1) is 6.92 Å². The van der Waals surface area contributed by atoms with Gasteiger partial charge in [0.2, 0.25) is 0 Å². The van der Waals surface area contributed by atoms with E-state index >= 15 is 0 Å². The van der Waals surface area contributed by atoms with Crippen molar-refractivity contribution in [1.29, 1.82) is 0 Å². The maximum Gasteiger partial charge on any atom is 0.355 e. The normalized spacial score (nSPS) is 12.7. The van der Waals surface area contributed by atoms with Crippen molar-refractivity contribution < 1.29 is 27.5 Å². The van der Waals surface area contributed by atoms with Gasteiger partial charge in [-0.15, -0.1) is 0 Å². The predicted molar refractivity (Wildman–Crippen MR) is 95.0 cm³/mol. The van der Waals surface area contributed by atoms with Crippen LogP contribution in [0.15, 0.2) is 0 Å². The minimum Gasteiger partial charge on any atom is -0.462 e. The fourth-order valence-corrected chi connectivity index (χ4v) is 2.64. The maximum absolute atomic E-state index is 12.4. The summed E-state index contributed by atoms with van der Waals surface area (Å²) in [6.07, 6.45) is 2.44. The van der Waals surface area contributed by atoms with Crippen molar-refractivity contribution in [2.45, 2.75) is 53.1 Å². The van der Waals surface area contributed by atoms with E-state index in [0.717, 1.165) is 0 Å². The van der Waals surface area contributed by atoms with Gasteiger partial charge in [0.15, 0.2) is 11.1 Å². The van der Waals surface area contributed by atoms with Crippen molar-refractivity contribution in [1.82, 2.24) is 4.98 Å². The second kappa shape index (κ2) is 9.15. The molecule has 0 radical (unpaired) electrons. The lowest BCUT2D eigenvalue weighted by Crippen LogP contribution is -2.24. The lowest BCUT2D eigenvalue weighted by atomic mass is 10.1. The number of aromatic amines is 1. The summed E-state index contributed by atoms with van der Waals surface area (Å²) in [6.45, 7) is 9.26. The summed E-state index contributed by atoms with van der Waals surface area (Å²) in [5, 5.41) is 0. The fourth-order valence-electron chi connectivity index (χ4n) is 2.28. The van der Waals surface area contributed by atoms with E-state index in [-0.39, 0.29) is 18.9 Å². The summed E-state index contributed by atoms with van der Waals surface area (Å²) < 4.78 is 26.4. The first-order valence-corrected chi connectivity index (χ1v) is 9.63. The topological polar surface area (TPSA) is 94.7 Å². The highest BCUT2D eigenvalue weighted by atomic mass is 32.2. The number of esters is 2. The Morgan fingerprint density at radius 2 is 1.84 bits per heavy atom. The van der Waals surface area contributed by atoms with Gasteiger partial charge >= 0.3 is 11.9 Å². The zero-order chi connectivity index (χ0) is 19.2. The molecule has 0 spiro atoms. The highest BCUT2D eigenvalue weighted by Gasteiger charge is 2.27. The molecular formula is C17H27NO6S. The van der Waals surface area contributed by atoms with Crippen molar-refractivity contribution in [2.75, 3.05) is 19.5 Å². The van der Waals surface area contributed by atoms with E-state index in [1.165, 1.54) is 6.26 Å². The minimum atomic E-state index is -1.33. The Kier molecular flexibility index (Phi) is 7.82. The third-order valence-corrected chi connectivity index (χ3v) is 3.73. The third-order valence-electron chi connectivity index (χ3n) is 3.23. The van der Waals surface area contributed by atoms with Crippen molar-refractivity contribution in [3.8, 4) is 0 Å². The van der Waals surface area contributed by atoms with Gasteiger partial charge < -0.3 is 14.5 Å². The molecular weight excluding hydrogens is 346 g/mol. The van der Waals surface area contributed by atoms with Gasteiger partial charge in [-0.2, -0.15) is 0 Å². The lowest BCUT2D eigenvalue weighted by molar-refractivity contribution is 0.00625. The molecule has 0 aromatic carbocycles. The molecule has 0 aliphatic heterocycles. The van der Waals surface area contributed by atoms with Gasteiger partial charge in [0.05, 0.1) is 18.8 Å². The molecule has 0 aliphatic carbocycles. The fraction of sp³-hybridized carbons (Fsp3) is 0.647. The van der Waals surface area contributed by atoms with E-state index in [1.807, 2.05) is 0 Å². The van der Waals surface area contributed by atoms with E-state index in [9.17, 15) is 13.8 Å². The summed E-state index contributed by atoms with van der Waals surface area (Å²) in [6, 6.07) is 0. The highest BCUT2D eigenvalue weighted by molar-refractivity contribution is 7.79. The molecule has 1 atom stereocenters. The Balaban J connectivity index is 3.07. The Bertz CT molecular complexity index is 644. The van der Waals surface area contributed by atoms with Crippen LogP contribution in [-0.4, -0.2) is 46.2 Å². The number of ether oxygens (including phenoxy) is 2. The van der Waals surface area contributed by atoms with Crippen molar-refractivity contribution in [3.05, 3.63) is 22.5 Å². The summed E-state index contributed by atoms with van der Waals surface area (Å²) in [4.78, 5) is 27.6. The Hall–Kier alpha value is -1.67. The van der Waals surface area contributed by atoms with E-state index in [0.29, 0.717) is 29.7 Å². The molecule has 1 rings (SSSR count). The number of hydrogen-bond acceptors (Lipinski definition) is 6. The quantitative estimate of drug-likeness (QED) is 0.556. The van der Waals surface area contributed by atoms with Crippen LogP contribution in [0.5, 0.6) is 0 Å². The second-order valence-electron chi connectivity index (χ2n) is 6.53. The molecule has 1 unspecified atom stereocenters. The summed E-state index contributed by atoms with van der Waals surface area (Å²) in [5.41, 5.74) is 1.04. The predicted octanol–water partition coefficient (Wildman–Crippen LogP) is 2.70. The third kappa shape index (κ3) is 6.62. The van der Waals surface area contributed by atoms with Crippen LogP contribution in [0.2, 0.25) is 0 Å². The van der Waals surface area contributed by atoms with Gasteiger partial charge in [-0.05, 0) is 53.0 Å². The number of rotatable bonds is 8. The molecule has 0 saturated heterocycles. The van der Waals surface area contributed by atoms with Crippen LogP contribution in [-0.2, 0) is 31.2 Å². The SMILES string of the molecule is CCOC(=O)c1c(CCCOS(C)=O)[nH]c(C(=O)OC(C)(C)C)c1C. The van der Waals surface area contributed by atoms with Gasteiger partial charge in [0.1, 0.15) is 11.3 Å². The van der Waals surface area contributed by atoms with E-state index in [4.69, 9.17) is 13.7 Å². The lowest BCUT2D eigenvalue weighted by Gasteiger charge is -2.19. The van der Waals surface area contributed by atoms with E-state index < -0.39 is 28.6 Å². The Morgan fingerprint density at radius 1 is 1.20 bits per heavy atom. The number of hydrogen-bond donors (Lipinski definition) is 1. The number of nitrogens with one attached hydrogen (secondary N) is 1. The van der Waals surface area contributed by atoms with Crippen molar-refractivity contribution >= 4 is 23.0 Å². The van der Waals surface area contributed by atoms with Crippen LogP contribution < -0.4 is 0 Å². The summed E-state index contributed by atoms with van der Waals surface area (Å²) in [7, 11) is 0. The van der Waals surface area contributed by atoms with E-state index in [2.05, 4.69) is 4.98 Å². The highest BCUT2D eigenvalue weighted by Crippen LogP contribution is 2.23. The number of carbonyl (C=O) groups excluding carboxylic acids is 2. The average molecular weight is 373 g/mol. The Labute approximate surface area is 151 Å². The molecule has 0 aliphatic rings. The van der Waals surface area contributed by atoms with Gasteiger partial charge in [0.25, 0.3) is 0 Å². The van der Waals surface area contributed by atoms with Crippen LogP contribution >= 0.6 is 0 Å². The molecule has 25 heavy (non-hydrogen) atoms. The largest absolute Gasteiger partial charge is 0.462 e. The van der Waals surface area contributed by atoms with Crippen molar-refractivity contribution in [3.63, 3.8) is 0 Å². The molecule has 1 aromatic rings. The summed E-state index contributed by atoms with van der Waals surface area (Å²) >= 11 is -1.33. The van der Waals surface area contributed by atoms with Gasteiger partial charge in [-0.3, -0.25) is 4.18 Å². The number of carbonyl (C=O) groups is 2. The molecule has 0 amide bonds. The van der Waals surface area contributed by atoms with E-state index in [1.54, 1.807) is 34.6 Å². The molecule has 0 bridgehead atoms. The smallest absolute Gasteiger partial charge is 0.355 e. The summed E-state index contributed by atoms with van der Waals surface area (Å²) in [5.74, 6) is -1.01. The molecule has 8 heteroatoms. The molecule has 142 valence electrons. The minimum absolute atomic E-state index is 0.239. The van der Waals surface area contributed by atoms with Crippen molar-refractivity contribution in [2.24, 2.45) is 0 Å². The molecule has 0 saturated carbocycles. The molecule has 0 fully saturated rings. The average Bonchev–Trinajstić information content (AvgIpc) is 2.79. The zero-order valence-corrected chi connectivity index (χ0v) is 16.5. The van der Waals surface area contributed by atoms with Crippen LogP contribution in [0.25, 0.3) is 0 Å². The first-order valence-electron chi connectivity index (χ1n) is 8.15. The Morgan fingerprint density at radius 3 is 2.36 bits per heavy atom. The molecule has 1 N–H and O–H groups in total. The maximum atomic E-state index is 12.4. The van der Waals surface area contributed by atoms with Gasteiger partial charge in [-0.25, -0.2) is 13.8 Å². The first kappa shape index (κ1) is 21.4. The second-order valence-corrected chi connectivity index (χ2v) is 7.57. The van der Waals surface area contributed by atoms with Crippen LogP contribution in [0.1, 0.15) is 66.2 Å². The zero-order valence-electron chi connectivity index (χ0n) is 15.7. The monoisotopic (exact) mass is 373 g/mol. The first-order chi connectivity index (χ1) is 11.6. The number of H-pyrrole nitrogens is 1. The standard InChI is InChI=1S/C17H27NO6S/c1-7-22-15(19)13-11(2)14(16(20)24-17(3,4)5)18-12(13)9-8-10-23-25(6)21/h18H,7-10H2,1-6H3. The number of aromatic nitrogens is 1. The van der Waals surface area contributed by atoms with Crippen LogP contribution in [0.4, 0.5) is 0 Å². The molecule has 1 heterocycles. The molecule has 7 nitrogen and oxygen atoms in total. The van der Waals surface area contributed by atoms with Gasteiger partial charge in [0, 0.05) is 11.9 Å². The van der Waals surface area contributed by atoms with Crippen LogP contribution in [0.3, 0.4) is 0 Å².